The first-order valence-electron chi connectivity index (χ1n) is 4.19. The van der Waals surface area contributed by atoms with Crippen LogP contribution in [-0.2, 0) is 6.54 Å². The average molecular weight is 212 g/mol. The van der Waals surface area contributed by atoms with Crippen LogP contribution in [0.15, 0.2) is 41.7 Å². The second kappa shape index (κ2) is 3.88. The summed E-state index contributed by atoms with van der Waals surface area (Å²) in [5.74, 6) is 0. The lowest BCUT2D eigenvalue weighted by molar-refractivity contribution is -0.124. The maximum atomic E-state index is 9.13. The Bertz CT molecular complexity index is 341. The van der Waals surface area contributed by atoms with E-state index in [1.54, 1.807) is 11.2 Å². The molecule has 0 amide bonds. The minimum Gasteiger partial charge on any atom is -0.289 e. The van der Waals surface area contributed by atoms with Crippen LogP contribution in [-0.4, -0.2) is 15.4 Å². The van der Waals surface area contributed by atoms with Crippen LogP contribution in [0.2, 0.25) is 0 Å². The third-order valence-electron chi connectivity index (χ3n) is 1.88. The fraction of sp³-hybridized carbons (Fsp3) is 0.111. The summed E-state index contributed by atoms with van der Waals surface area (Å²) in [6.07, 6.45) is 1.62. The summed E-state index contributed by atoms with van der Waals surface area (Å²) in [5, 5.41) is 11.8. The van der Waals surface area contributed by atoms with Gasteiger partial charge in [0.05, 0.1) is 12.7 Å². The highest BCUT2D eigenvalue weighted by Gasteiger charge is 2.16. The Morgan fingerprint density at radius 2 is 2.00 bits per heavy atom. The van der Waals surface area contributed by atoms with Crippen molar-refractivity contribution in [2.75, 3.05) is 0 Å². The number of hydrazine groups is 2. The molecule has 0 radical (unpaired) electrons. The maximum Gasteiger partial charge on any atom is 0.167 e. The summed E-state index contributed by atoms with van der Waals surface area (Å²) in [6, 6.07) is 9.90. The second-order valence-electron chi connectivity index (χ2n) is 2.98. The number of hydrogen-bond donors (Lipinski definition) is 2. The van der Waals surface area contributed by atoms with Gasteiger partial charge in [0.25, 0.3) is 0 Å². The summed E-state index contributed by atoms with van der Waals surface area (Å²) in [7, 11) is 0. The lowest BCUT2D eigenvalue weighted by Gasteiger charge is -2.17. The Kier molecular flexibility index (Phi) is 2.58. The van der Waals surface area contributed by atoms with Crippen LogP contribution in [0.5, 0.6) is 0 Å². The molecule has 2 N–H and O–H groups in total. The number of hydrogen-bond acceptors (Lipinski definition) is 4. The molecule has 0 saturated carbocycles. The first-order chi connectivity index (χ1) is 6.75. The molecule has 1 aliphatic heterocycles. The molecule has 1 aromatic rings. The smallest absolute Gasteiger partial charge is 0.167 e. The van der Waals surface area contributed by atoms with Crippen LogP contribution in [0.25, 0.3) is 0 Å². The van der Waals surface area contributed by atoms with Gasteiger partial charge in [-0.2, -0.15) is 5.17 Å². The van der Waals surface area contributed by atoms with E-state index in [-0.39, 0.29) is 5.16 Å². The van der Waals surface area contributed by atoms with E-state index in [4.69, 9.17) is 16.8 Å². The molecular weight excluding hydrogens is 202 g/mol. The highest BCUT2D eigenvalue weighted by Crippen LogP contribution is 2.14. The zero-order chi connectivity index (χ0) is 9.97. The zero-order valence-electron chi connectivity index (χ0n) is 7.39. The second-order valence-corrected chi connectivity index (χ2v) is 3.36. The molecule has 5 heteroatoms. The molecule has 0 unspecified atom stereocenters. The lowest BCUT2D eigenvalue weighted by atomic mass is 10.2. The molecule has 4 nitrogen and oxygen atoms in total. The van der Waals surface area contributed by atoms with Crippen LogP contribution in [0, 0.1) is 0 Å². The van der Waals surface area contributed by atoms with E-state index in [9.17, 15) is 0 Å². The van der Waals surface area contributed by atoms with Crippen molar-refractivity contribution in [1.82, 2.24) is 15.7 Å². The minimum absolute atomic E-state index is 0.251. The molecule has 14 heavy (non-hydrogen) atoms. The van der Waals surface area contributed by atoms with E-state index >= 15 is 0 Å². The van der Waals surface area contributed by atoms with Gasteiger partial charge in [0, 0.05) is 0 Å². The van der Waals surface area contributed by atoms with Gasteiger partial charge in [-0.3, -0.25) is 10.2 Å². The van der Waals surface area contributed by atoms with Crippen molar-refractivity contribution in [3.63, 3.8) is 0 Å². The largest absolute Gasteiger partial charge is 0.289 e. The quantitative estimate of drug-likeness (QED) is 0.730. The van der Waals surface area contributed by atoms with Crippen LogP contribution in [0.1, 0.15) is 5.56 Å². The predicted octanol–water partition coefficient (Wildman–Crippen LogP) is 1.65. The summed E-state index contributed by atoms with van der Waals surface area (Å²) < 4.78 is 0. The number of nitrogens with zero attached hydrogens (tertiary/aromatic N) is 2. The summed E-state index contributed by atoms with van der Waals surface area (Å²) in [6.45, 7) is 0.647. The van der Waals surface area contributed by atoms with Crippen molar-refractivity contribution in [1.29, 1.82) is 0 Å². The normalized spacial score (nSPS) is 16.0. The first-order valence-corrected chi connectivity index (χ1v) is 4.57. The molecule has 74 valence electrons. The van der Waals surface area contributed by atoms with E-state index in [1.165, 1.54) is 0 Å². The standard InChI is InChI=1S/C9H10ClN3O/c10-9-7-12(11-13(9)14)6-8-4-2-1-3-5-8/h1-5,7,11,14H,6H2. The number of hydroxylamine groups is 1. The van der Waals surface area contributed by atoms with E-state index < -0.39 is 0 Å². The lowest BCUT2D eigenvalue weighted by Crippen LogP contribution is -2.37. The van der Waals surface area contributed by atoms with Crippen molar-refractivity contribution in [3.8, 4) is 0 Å². The van der Waals surface area contributed by atoms with Crippen LogP contribution >= 0.6 is 11.6 Å². The Balaban J connectivity index is 2.01. The van der Waals surface area contributed by atoms with Crippen LogP contribution < -0.4 is 5.53 Å². The summed E-state index contributed by atoms with van der Waals surface area (Å²) in [5.41, 5.74) is 3.78. The van der Waals surface area contributed by atoms with E-state index in [0.717, 1.165) is 10.7 Å². The molecule has 0 spiro atoms. The molecule has 1 heterocycles. The van der Waals surface area contributed by atoms with Crippen molar-refractivity contribution in [3.05, 3.63) is 47.3 Å². The molecule has 0 atom stereocenters. The molecule has 2 rings (SSSR count). The summed E-state index contributed by atoms with van der Waals surface area (Å²) >= 11 is 5.66. The molecule has 0 bridgehead atoms. The fourth-order valence-corrected chi connectivity index (χ4v) is 1.40. The Hall–Kier alpha value is -1.23. The average Bonchev–Trinajstić information content (AvgIpc) is 2.47. The van der Waals surface area contributed by atoms with Gasteiger partial charge in [-0.15, -0.1) is 5.53 Å². The van der Waals surface area contributed by atoms with Crippen LogP contribution in [0.4, 0.5) is 0 Å². The highest BCUT2D eigenvalue weighted by atomic mass is 35.5. The molecule has 1 aliphatic rings. The van der Waals surface area contributed by atoms with Crippen molar-refractivity contribution in [2.24, 2.45) is 0 Å². The van der Waals surface area contributed by atoms with Crippen LogP contribution in [0.3, 0.4) is 0 Å². The maximum absolute atomic E-state index is 9.13. The van der Waals surface area contributed by atoms with Crippen molar-refractivity contribution >= 4 is 11.6 Å². The zero-order valence-corrected chi connectivity index (χ0v) is 8.15. The van der Waals surface area contributed by atoms with Gasteiger partial charge >= 0.3 is 0 Å². The van der Waals surface area contributed by atoms with E-state index in [0.29, 0.717) is 6.54 Å². The fourth-order valence-electron chi connectivity index (χ4n) is 1.24. The Labute approximate surface area is 86.9 Å². The van der Waals surface area contributed by atoms with E-state index in [2.05, 4.69) is 5.53 Å². The monoisotopic (exact) mass is 211 g/mol. The molecule has 0 aliphatic carbocycles. The minimum atomic E-state index is 0.251. The Morgan fingerprint density at radius 3 is 2.57 bits per heavy atom. The summed E-state index contributed by atoms with van der Waals surface area (Å²) in [4.78, 5) is 0. The third-order valence-corrected chi connectivity index (χ3v) is 2.14. The van der Waals surface area contributed by atoms with Gasteiger partial charge < -0.3 is 0 Å². The topological polar surface area (TPSA) is 38.7 Å². The molecule has 1 aromatic carbocycles. The molecular formula is C9H10ClN3O. The van der Waals surface area contributed by atoms with Gasteiger partial charge in [-0.25, -0.2) is 0 Å². The molecule has 0 saturated heterocycles. The number of nitrogens with one attached hydrogen (secondary N) is 1. The van der Waals surface area contributed by atoms with Gasteiger partial charge in [0.2, 0.25) is 0 Å². The van der Waals surface area contributed by atoms with Crippen molar-refractivity contribution in [2.45, 2.75) is 6.54 Å². The van der Waals surface area contributed by atoms with E-state index in [1.807, 2.05) is 30.3 Å². The SMILES string of the molecule is ON1NN(Cc2ccccc2)C=C1Cl. The Morgan fingerprint density at radius 1 is 1.29 bits per heavy atom. The number of rotatable bonds is 2. The number of benzene rings is 1. The first kappa shape index (κ1) is 9.33. The molecule has 0 fully saturated rings. The van der Waals surface area contributed by atoms with Gasteiger partial charge in [-0.1, -0.05) is 41.9 Å². The van der Waals surface area contributed by atoms with Gasteiger partial charge in [0.1, 0.15) is 0 Å². The predicted molar refractivity (Wildman–Crippen MR) is 52.7 cm³/mol. The van der Waals surface area contributed by atoms with Gasteiger partial charge in [0.15, 0.2) is 5.16 Å². The van der Waals surface area contributed by atoms with Gasteiger partial charge in [-0.05, 0) is 5.56 Å². The molecule has 0 aromatic heterocycles. The highest BCUT2D eigenvalue weighted by molar-refractivity contribution is 6.29. The number of halogens is 1. The van der Waals surface area contributed by atoms with Crippen molar-refractivity contribution < 1.29 is 5.21 Å². The third kappa shape index (κ3) is 1.98.